The van der Waals surface area contributed by atoms with Crippen LogP contribution in [0.3, 0.4) is 0 Å². The van der Waals surface area contributed by atoms with Crippen molar-refractivity contribution in [2.75, 3.05) is 71.8 Å². The van der Waals surface area contributed by atoms with Crippen LogP contribution in [-0.4, -0.2) is 121 Å². The van der Waals surface area contributed by atoms with Crippen molar-refractivity contribution in [3.05, 3.63) is 41.1 Å². The molecule has 2 unspecified atom stereocenters. The predicted molar refractivity (Wildman–Crippen MR) is 172 cm³/mol. The summed E-state index contributed by atoms with van der Waals surface area (Å²) in [4.78, 5) is 48.5. The average Bonchev–Trinajstić information content (AvgIpc) is 3.81. The minimum Gasteiger partial charge on any atom is -0.448 e. The standard InChI is InChI=1S/C31H39ClF2N8O5/c1-4-22(28(35-2)36-3)29(44)37-24-17-42(38-27(24)23-12-21(32)6-7-25(23)47-30(33)34)18-26(43)41-15-19-13-39(14-20(19)16-41)8-5-9-40-10-11-46-31(40)45/h4,6-7,12,17,19-20,30H,5,8-11,13-16,18H2,1-3H3,(H,35,36)(H,37,44)/b22-4+. The van der Waals surface area contributed by atoms with E-state index in [0.717, 1.165) is 26.1 Å². The number of rotatable bonds is 12. The summed E-state index contributed by atoms with van der Waals surface area (Å²) in [5.74, 6) is 0.176. The second kappa shape index (κ2) is 15.1. The van der Waals surface area contributed by atoms with Gasteiger partial charge >= 0.3 is 12.7 Å². The monoisotopic (exact) mass is 676 g/mol. The van der Waals surface area contributed by atoms with Gasteiger partial charge in [0.25, 0.3) is 5.91 Å². The van der Waals surface area contributed by atoms with Crippen LogP contribution < -0.4 is 15.4 Å². The van der Waals surface area contributed by atoms with Gasteiger partial charge in [-0.3, -0.25) is 19.3 Å². The van der Waals surface area contributed by atoms with Gasteiger partial charge < -0.3 is 34.8 Å². The zero-order valence-electron chi connectivity index (χ0n) is 26.5. The fourth-order valence-electron chi connectivity index (χ4n) is 6.44. The van der Waals surface area contributed by atoms with Crippen molar-refractivity contribution in [2.45, 2.75) is 26.5 Å². The van der Waals surface area contributed by atoms with Crippen LogP contribution in [0.2, 0.25) is 5.02 Å². The molecule has 3 amide bonds. The van der Waals surface area contributed by atoms with E-state index in [-0.39, 0.29) is 51.8 Å². The van der Waals surface area contributed by atoms with Crippen molar-refractivity contribution in [1.82, 2.24) is 29.8 Å². The maximum Gasteiger partial charge on any atom is 0.409 e. The van der Waals surface area contributed by atoms with E-state index in [0.29, 0.717) is 50.5 Å². The molecule has 2 aromatic rings. The molecule has 0 saturated carbocycles. The van der Waals surface area contributed by atoms with E-state index >= 15 is 0 Å². The first kappa shape index (κ1) is 34.1. The number of likely N-dealkylation sites (tertiary alicyclic amines) is 2. The van der Waals surface area contributed by atoms with Gasteiger partial charge in [0.05, 0.1) is 17.8 Å². The smallest absolute Gasteiger partial charge is 0.409 e. The first-order valence-corrected chi connectivity index (χ1v) is 15.8. The molecule has 16 heteroatoms. The Morgan fingerprint density at radius 1 is 1.21 bits per heavy atom. The van der Waals surface area contributed by atoms with Gasteiger partial charge in [0.15, 0.2) is 0 Å². The summed E-state index contributed by atoms with van der Waals surface area (Å²) in [6.07, 6.45) is 3.69. The maximum absolute atomic E-state index is 13.5. The third kappa shape index (κ3) is 8.01. The Bertz CT molecular complexity index is 1540. The van der Waals surface area contributed by atoms with E-state index in [2.05, 4.69) is 25.6 Å². The summed E-state index contributed by atoms with van der Waals surface area (Å²) in [6, 6.07) is 4.12. The Labute approximate surface area is 276 Å². The number of nitrogens with zero attached hydrogens (tertiary/aromatic N) is 6. The van der Waals surface area contributed by atoms with Crippen molar-refractivity contribution < 1.29 is 32.6 Å². The van der Waals surface area contributed by atoms with Gasteiger partial charge in [-0.25, -0.2) is 4.79 Å². The molecule has 1 aromatic heterocycles. The lowest BCUT2D eigenvalue weighted by Crippen LogP contribution is -2.36. The highest BCUT2D eigenvalue weighted by Crippen LogP contribution is 2.37. The molecule has 0 radical (unpaired) electrons. The van der Waals surface area contributed by atoms with Crippen LogP contribution in [0.15, 0.2) is 41.0 Å². The number of carbonyl (C=O) groups excluding carboxylic acids is 3. The third-order valence-electron chi connectivity index (χ3n) is 8.63. The molecular weight excluding hydrogens is 638 g/mol. The second-order valence-electron chi connectivity index (χ2n) is 11.6. The summed E-state index contributed by atoms with van der Waals surface area (Å²) in [6.45, 7) is 4.08. The Morgan fingerprint density at radius 3 is 2.57 bits per heavy atom. The number of hydrogen-bond donors (Lipinski definition) is 2. The normalized spacial score (nSPS) is 20.2. The van der Waals surface area contributed by atoms with E-state index in [1.54, 1.807) is 24.9 Å². The maximum atomic E-state index is 13.5. The van der Waals surface area contributed by atoms with E-state index in [1.807, 2.05) is 4.90 Å². The van der Waals surface area contributed by atoms with Gasteiger partial charge in [-0.15, -0.1) is 0 Å². The molecule has 3 saturated heterocycles. The third-order valence-corrected chi connectivity index (χ3v) is 8.87. The molecule has 254 valence electrons. The lowest BCUT2D eigenvalue weighted by atomic mass is 10.0. The number of amidine groups is 1. The number of allylic oxidation sites excluding steroid dienone is 1. The number of aliphatic imine (C=N–C) groups is 1. The molecule has 4 heterocycles. The molecule has 3 aliphatic heterocycles. The van der Waals surface area contributed by atoms with Crippen LogP contribution in [0.4, 0.5) is 19.3 Å². The second-order valence-corrected chi connectivity index (χ2v) is 12.1. The number of carbonyl (C=O) groups is 3. The van der Waals surface area contributed by atoms with Gasteiger partial charge in [-0.2, -0.15) is 13.9 Å². The van der Waals surface area contributed by atoms with Crippen molar-refractivity contribution in [1.29, 1.82) is 0 Å². The molecule has 3 fully saturated rings. The highest BCUT2D eigenvalue weighted by molar-refractivity contribution is 6.31. The molecule has 2 atom stereocenters. The largest absolute Gasteiger partial charge is 0.448 e. The molecule has 0 bridgehead atoms. The van der Waals surface area contributed by atoms with Crippen LogP contribution in [0.5, 0.6) is 5.75 Å². The first-order chi connectivity index (χ1) is 22.6. The SMILES string of the molecule is C/C=C(/C(=O)Nc1cn(CC(=O)N2CC3CN(CCCN4CCOC4=O)CC3C2)nc1-c1cc(Cl)ccc1OC(F)F)C(=NC)NC. The van der Waals surface area contributed by atoms with E-state index in [9.17, 15) is 23.2 Å². The molecule has 3 aliphatic rings. The lowest BCUT2D eigenvalue weighted by molar-refractivity contribution is -0.131. The van der Waals surface area contributed by atoms with Gasteiger partial charge in [0.1, 0.15) is 30.4 Å². The number of likely N-dealkylation sites (N-methyl/N-ethyl adjacent to an activating group) is 1. The lowest BCUT2D eigenvalue weighted by Gasteiger charge is -2.22. The summed E-state index contributed by atoms with van der Waals surface area (Å²) in [7, 11) is 3.17. The van der Waals surface area contributed by atoms with E-state index < -0.39 is 12.5 Å². The number of benzene rings is 1. The highest BCUT2D eigenvalue weighted by atomic mass is 35.5. The number of cyclic esters (lactones) is 1. The molecule has 2 N–H and O–H groups in total. The van der Waals surface area contributed by atoms with Gasteiger partial charge in [-0.05, 0) is 49.9 Å². The molecule has 0 aliphatic carbocycles. The minimum atomic E-state index is -3.11. The topological polar surface area (TPSA) is 134 Å². The molecule has 1 aromatic carbocycles. The number of anilines is 1. The van der Waals surface area contributed by atoms with Crippen molar-refractivity contribution >= 4 is 41.0 Å². The number of halogens is 3. The van der Waals surface area contributed by atoms with Crippen molar-refractivity contribution in [2.24, 2.45) is 16.8 Å². The molecular formula is C31H39ClF2N8O5. The first-order valence-electron chi connectivity index (χ1n) is 15.5. The number of alkyl halides is 2. The van der Waals surface area contributed by atoms with Gasteiger partial charge in [0, 0.05) is 63.6 Å². The zero-order chi connectivity index (χ0) is 33.7. The summed E-state index contributed by atoms with van der Waals surface area (Å²) < 4.78 is 37.7. The van der Waals surface area contributed by atoms with E-state index in [4.69, 9.17) is 21.1 Å². The average molecular weight is 677 g/mol. The number of amides is 3. The zero-order valence-corrected chi connectivity index (χ0v) is 27.3. The number of aromatic nitrogens is 2. The van der Waals surface area contributed by atoms with Gasteiger partial charge in [0.2, 0.25) is 5.91 Å². The van der Waals surface area contributed by atoms with Crippen LogP contribution in [-0.2, 0) is 20.9 Å². The fourth-order valence-corrected chi connectivity index (χ4v) is 6.61. The van der Waals surface area contributed by atoms with Gasteiger partial charge in [-0.1, -0.05) is 17.7 Å². The van der Waals surface area contributed by atoms with Crippen LogP contribution in [0.1, 0.15) is 13.3 Å². The molecule has 47 heavy (non-hydrogen) atoms. The minimum absolute atomic E-state index is 0.107. The number of hydrogen-bond acceptors (Lipinski definition) is 8. The predicted octanol–water partition coefficient (Wildman–Crippen LogP) is 3.17. The summed E-state index contributed by atoms with van der Waals surface area (Å²) >= 11 is 6.23. The number of fused-ring (bicyclic) bond motifs is 1. The van der Waals surface area contributed by atoms with Crippen molar-refractivity contribution in [3.63, 3.8) is 0 Å². The molecule has 0 spiro atoms. The van der Waals surface area contributed by atoms with Crippen LogP contribution >= 0.6 is 11.6 Å². The number of nitrogens with one attached hydrogen (secondary N) is 2. The Kier molecular flexibility index (Phi) is 11.0. The van der Waals surface area contributed by atoms with Crippen LogP contribution in [0, 0.1) is 11.8 Å². The summed E-state index contributed by atoms with van der Waals surface area (Å²) in [5, 5.41) is 10.4. The molecule has 13 nitrogen and oxygen atoms in total. The molecule has 5 rings (SSSR count). The summed E-state index contributed by atoms with van der Waals surface area (Å²) in [5.41, 5.74) is 0.648. The quantitative estimate of drug-likeness (QED) is 0.199. The van der Waals surface area contributed by atoms with Crippen LogP contribution in [0.25, 0.3) is 11.3 Å². The van der Waals surface area contributed by atoms with E-state index in [1.165, 1.54) is 36.1 Å². The Balaban J connectivity index is 1.28. The number of ether oxygens (including phenoxy) is 2. The fraction of sp³-hybridized carbons (Fsp3) is 0.516. The Hall–Kier alpha value is -4.24. The Morgan fingerprint density at radius 2 is 1.96 bits per heavy atom. The highest BCUT2D eigenvalue weighted by Gasteiger charge is 2.41. The van der Waals surface area contributed by atoms with Crippen molar-refractivity contribution in [3.8, 4) is 17.0 Å².